The molecule has 0 saturated heterocycles. The van der Waals surface area contributed by atoms with Gasteiger partial charge in [-0.1, -0.05) is 12.1 Å². The van der Waals surface area contributed by atoms with Gasteiger partial charge in [-0.25, -0.2) is 0 Å². The second-order valence-corrected chi connectivity index (χ2v) is 3.08. The molecule has 0 spiro atoms. The van der Waals surface area contributed by atoms with Crippen molar-refractivity contribution < 1.29 is 0 Å². The zero-order valence-electron chi connectivity index (χ0n) is 8.44. The van der Waals surface area contributed by atoms with Crippen molar-refractivity contribution in [1.29, 1.82) is 0 Å². The summed E-state index contributed by atoms with van der Waals surface area (Å²) < 4.78 is 0. The zero-order chi connectivity index (χ0) is 9.68. The van der Waals surface area contributed by atoms with Crippen molar-refractivity contribution in [2.75, 3.05) is 7.05 Å². The maximum absolute atomic E-state index is 4.31. The number of allylic oxidation sites excluding steroid dienone is 1. The van der Waals surface area contributed by atoms with Crippen LogP contribution in [0.15, 0.2) is 36.7 Å². The summed E-state index contributed by atoms with van der Waals surface area (Å²) in [4.78, 5) is 6.45. The SMILES string of the molecule is C/C=C\N(C)C(C)c1ccccn1. The minimum Gasteiger partial charge on any atom is -0.372 e. The molecule has 1 unspecified atom stereocenters. The monoisotopic (exact) mass is 176 g/mol. The lowest BCUT2D eigenvalue weighted by atomic mass is 10.2. The van der Waals surface area contributed by atoms with E-state index >= 15 is 0 Å². The summed E-state index contributed by atoms with van der Waals surface area (Å²) in [7, 11) is 2.05. The van der Waals surface area contributed by atoms with Gasteiger partial charge < -0.3 is 4.90 Å². The molecule has 0 saturated carbocycles. The minimum atomic E-state index is 0.331. The molecule has 0 bridgehead atoms. The molecule has 0 N–H and O–H groups in total. The van der Waals surface area contributed by atoms with Gasteiger partial charge in [0.1, 0.15) is 0 Å². The van der Waals surface area contributed by atoms with E-state index < -0.39 is 0 Å². The number of nitrogens with zero attached hydrogens (tertiary/aromatic N) is 2. The van der Waals surface area contributed by atoms with E-state index in [0.29, 0.717) is 6.04 Å². The summed E-state index contributed by atoms with van der Waals surface area (Å²) in [5.74, 6) is 0. The van der Waals surface area contributed by atoms with Crippen molar-refractivity contribution in [2.45, 2.75) is 19.9 Å². The summed E-state index contributed by atoms with van der Waals surface area (Å²) in [5.41, 5.74) is 1.10. The smallest absolute Gasteiger partial charge is 0.0676 e. The van der Waals surface area contributed by atoms with Crippen LogP contribution in [0.3, 0.4) is 0 Å². The Morgan fingerprint density at radius 3 is 2.77 bits per heavy atom. The highest BCUT2D eigenvalue weighted by Crippen LogP contribution is 2.15. The lowest BCUT2D eigenvalue weighted by Crippen LogP contribution is -2.16. The molecule has 1 atom stereocenters. The molecule has 2 nitrogen and oxygen atoms in total. The van der Waals surface area contributed by atoms with E-state index in [9.17, 15) is 0 Å². The summed E-state index contributed by atoms with van der Waals surface area (Å²) in [6.45, 7) is 4.16. The van der Waals surface area contributed by atoms with Gasteiger partial charge in [-0.05, 0) is 32.2 Å². The van der Waals surface area contributed by atoms with Gasteiger partial charge >= 0.3 is 0 Å². The largest absolute Gasteiger partial charge is 0.372 e. The van der Waals surface area contributed by atoms with Crippen LogP contribution in [0, 0.1) is 0 Å². The molecule has 0 fully saturated rings. The molecule has 2 heteroatoms. The first kappa shape index (κ1) is 9.78. The van der Waals surface area contributed by atoms with Crippen LogP contribution in [0.2, 0.25) is 0 Å². The Morgan fingerprint density at radius 2 is 2.23 bits per heavy atom. The first-order chi connectivity index (χ1) is 6.25. The average molecular weight is 176 g/mol. The first-order valence-corrected chi connectivity index (χ1v) is 4.51. The van der Waals surface area contributed by atoms with Gasteiger partial charge in [0.25, 0.3) is 0 Å². The van der Waals surface area contributed by atoms with Gasteiger partial charge in [-0.2, -0.15) is 0 Å². The molecule has 13 heavy (non-hydrogen) atoms. The number of aromatic nitrogens is 1. The number of hydrogen-bond acceptors (Lipinski definition) is 2. The number of hydrogen-bond donors (Lipinski definition) is 0. The van der Waals surface area contributed by atoms with Crippen LogP contribution in [-0.2, 0) is 0 Å². The third-order valence-electron chi connectivity index (χ3n) is 2.11. The van der Waals surface area contributed by atoms with Crippen molar-refractivity contribution >= 4 is 0 Å². The molecule has 0 aliphatic carbocycles. The maximum atomic E-state index is 4.31. The Labute approximate surface area is 79.9 Å². The van der Waals surface area contributed by atoms with Crippen LogP contribution in [0.25, 0.3) is 0 Å². The first-order valence-electron chi connectivity index (χ1n) is 4.51. The molecule has 0 radical (unpaired) electrons. The molecular weight excluding hydrogens is 160 g/mol. The van der Waals surface area contributed by atoms with E-state index in [1.54, 1.807) is 0 Å². The fraction of sp³-hybridized carbons (Fsp3) is 0.364. The van der Waals surface area contributed by atoms with Gasteiger partial charge in [0.05, 0.1) is 11.7 Å². The fourth-order valence-electron chi connectivity index (χ4n) is 1.20. The molecule has 0 aliphatic heterocycles. The van der Waals surface area contributed by atoms with Crippen LogP contribution in [0.1, 0.15) is 25.6 Å². The zero-order valence-corrected chi connectivity index (χ0v) is 8.44. The van der Waals surface area contributed by atoms with Crippen molar-refractivity contribution in [3.63, 3.8) is 0 Å². The van der Waals surface area contributed by atoms with Crippen molar-refractivity contribution in [3.05, 3.63) is 42.4 Å². The highest BCUT2D eigenvalue weighted by molar-refractivity contribution is 5.08. The molecule has 0 amide bonds. The van der Waals surface area contributed by atoms with E-state index in [-0.39, 0.29) is 0 Å². The highest BCUT2D eigenvalue weighted by Gasteiger charge is 2.07. The van der Waals surface area contributed by atoms with Crippen LogP contribution in [-0.4, -0.2) is 16.9 Å². The Hall–Kier alpha value is -1.31. The van der Waals surface area contributed by atoms with E-state index in [0.717, 1.165) is 5.69 Å². The molecule has 1 aromatic heterocycles. The Bertz CT molecular complexity index is 267. The van der Waals surface area contributed by atoms with Gasteiger partial charge in [0.2, 0.25) is 0 Å². The molecular formula is C11H16N2. The highest BCUT2D eigenvalue weighted by atomic mass is 15.1. The molecule has 1 rings (SSSR count). The third kappa shape index (κ3) is 2.58. The lowest BCUT2D eigenvalue weighted by Gasteiger charge is -2.22. The Kier molecular flexibility index (Phi) is 3.50. The second kappa shape index (κ2) is 4.65. The summed E-state index contributed by atoms with van der Waals surface area (Å²) in [5, 5.41) is 0. The third-order valence-corrected chi connectivity index (χ3v) is 2.11. The summed E-state index contributed by atoms with van der Waals surface area (Å²) in [6.07, 6.45) is 5.91. The number of rotatable bonds is 3. The molecule has 0 aromatic carbocycles. The van der Waals surface area contributed by atoms with E-state index in [1.165, 1.54) is 0 Å². The lowest BCUT2D eigenvalue weighted by molar-refractivity contribution is 0.354. The normalized spacial score (nSPS) is 13.2. The van der Waals surface area contributed by atoms with Gasteiger partial charge in [-0.15, -0.1) is 0 Å². The average Bonchev–Trinajstić information content (AvgIpc) is 2.18. The summed E-state index contributed by atoms with van der Waals surface area (Å²) in [6, 6.07) is 6.33. The second-order valence-electron chi connectivity index (χ2n) is 3.08. The van der Waals surface area contributed by atoms with Gasteiger partial charge in [0, 0.05) is 13.2 Å². The van der Waals surface area contributed by atoms with E-state index in [4.69, 9.17) is 0 Å². The van der Waals surface area contributed by atoms with Crippen LogP contribution >= 0.6 is 0 Å². The van der Waals surface area contributed by atoms with Crippen molar-refractivity contribution in [3.8, 4) is 0 Å². The molecule has 0 aliphatic rings. The topological polar surface area (TPSA) is 16.1 Å². The van der Waals surface area contributed by atoms with E-state index in [2.05, 4.69) is 30.1 Å². The van der Waals surface area contributed by atoms with E-state index in [1.807, 2.05) is 37.4 Å². The quantitative estimate of drug-likeness (QED) is 0.703. The van der Waals surface area contributed by atoms with Crippen LogP contribution in [0.4, 0.5) is 0 Å². The van der Waals surface area contributed by atoms with Gasteiger partial charge in [-0.3, -0.25) is 4.98 Å². The predicted molar refractivity (Wildman–Crippen MR) is 55.2 cm³/mol. The van der Waals surface area contributed by atoms with Crippen LogP contribution < -0.4 is 0 Å². The van der Waals surface area contributed by atoms with Crippen LogP contribution in [0.5, 0.6) is 0 Å². The minimum absolute atomic E-state index is 0.331. The molecule has 1 aromatic rings. The molecule has 1 heterocycles. The van der Waals surface area contributed by atoms with Crippen molar-refractivity contribution in [1.82, 2.24) is 9.88 Å². The Morgan fingerprint density at radius 1 is 1.46 bits per heavy atom. The fourth-order valence-corrected chi connectivity index (χ4v) is 1.20. The summed E-state index contributed by atoms with van der Waals surface area (Å²) >= 11 is 0. The maximum Gasteiger partial charge on any atom is 0.0676 e. The van der Waals surface area contributed by atoms with Gasteiger partial charge in [0.15, 0.2) is 0 Å². The molecule has 70 valence electrons. The number of pyridine rings is 1. The Balaban J connectivity index is 2.73. The standard InChI is InChI=1S/C11H16N2/c1-4-9-13(3)10(2)11-7-5-6-8-12-11/h4-10H,1-3H3/b9-4-. The van der Waals surface area contributed by atoms with Crippen molar-refractivity contribution in [2.24, 2.45) is 0 Å². The predicted octanol–water partition coefficient (Wildman–Crippen LogP) is 2.61.